The second-order valence-corrected chi connectivity index (χ2v) is 7.61. The molecule has 152 valence electrons. The Morgan fingerprint density at radius 2 is 2.00 bits per heavy atom. The van der Waals surface area contributed by atoms with E-state index in [0.29, 0.717) is 40.1 Å². The van der Waals surface area contributed by atoms with Gasteiger partial charge in [0, 0.05) is 29.5 Å². The van der Waals surface area contributed by atoms with Crippen LogP contribution in [0.15, 0.2) is 60.9 Å². The minimum Gasteiger partial charge on any atom is -0.366 e. The molecule has 1 aromatic heterocycles. The molecule has 0 aliphatic heterocycles. The van der Waals surface area contributed by atoms with Gasteiger partial charge in [0.05, 0.1) is 11.6 Å². The Balaban J connectivity index is 1.79. The van der Waals surface area contributed by atoms with Crippen molar-refractivity contribution in [3.05, 3.63) is 99.6 Å². The summed E-state index contributed by atoms with van der Waals surface area (Å²) in [4.78, 5) is 31.0. The first-order valence-corrected chi connectivity index (χ1v) is 9.90. The summed E-state index contributed by atoms with van der Waals surface area (Å²) in [6.07, 6.45) is 4.31. The molecule has 5 nitrogen and oxygen atoms in total. The second kappa shape index (κ2) is 8.24. The number of aromatic nitrogens is 1. The van der Waals surface area contributed by atoms with Crippen LogP contribution in [0.3, 0.4) is 0 Å². The van der Waals surface area contributed by atoms with Gasteiger partial charge in [-0.25, -0.2) is 4.39 Å². The molecule has 30 heavy (non-hydrogen) atoms. The van der Waals surface area contributed by atoms with Gasteiger partial charge in [-0.1, -0.05) is 29.8 Å². The van der Waals surface area contributed by atoms with E-state index in [0.717, 1.165) is 5.56 Å². The molecule has 0 unspecified atom stereocenters. The number of rotatable bonds is 5. The highest BCUT2D eigenvalue weighted by Gasteiger charge is 2.34. The molecule has 3 aromatic rings. The van der Waals surface area contributed by atoms with Crippen LogP contribution in [-0.4, -0.2) is 21.7 Å². The topological polar surface area (TPSA) is 76.3 Å². The number of fused-ring (bicyclic) bond motifs is 1. The Morgan fingerprint density at radius 1 is 1.20 bits per heavy atom. The standard InChI is InChI=1S/C23H19ClFN3O2/c24-20-11-16(25)10-19-18(20)7-8-21(19)28(23(30)14-5-3-9-27-12-14)13-15-4-1-2-6-17(15)22(26)29/h1-6,9-12,21H,7-8,13H2,(H2,26,29)/t21-/m1/s1. The van der Waals surface area contributed by atoms with Crippen LogP contribution in [0.5, 0.6) is 0 Å². The van der Waals surface area contributed by atoms with E-state index in [1.807, 2.05) is 0 Å². The molecule has 0 spiro atoms. The van der Waals surface area contributed by atoms with Gasteiger partial charge in [0.25, 0.3) is 5.91 Å². The predicted octanol–water partition coefficient (Wildman–Crippen LogP) is 4.30. The molecule has 2 amide bonds. The Morgan fingerprint density at radius 3 is 2.73 bits per heavy atom. The third-order valence-electron chi connectivity index (χ3n) is 5.39. The summed E-state index contributed by atoms with van der Waals surface area (Å²) in [5.41, 5.74) is 8.43. The third-order valence-corrected chi connectivity index (χ3v) is 5.73. The van der Waals surface area contributed by atoms with Crippen molar-refractivity contribution in [2.75, 3.05) is 0 Å². The van der Waals surface area contributed by atoms with Crippen LogP contribution in [0.1, 0.15) is 49.9 Å². The van der Waals surface area contributed by atoms with E-state index in [-0.39, 0.29) is 18.5 Å². The van der Waals surface area contributed by atoms with E-state index in [4.69, 9.17) is 17.3 Å². The highest BCUT2D eigenvalue weighted by molar-refractivity contribution is 6.31. The van der Waals surface area contributed by atoms with Gasteiger partial charge < -0.3 is 10.6 Å². The number of carbonyl (C=O) groups is 2. The van der Waals surface area contributed by atoms with Gasteiger partial charge in [-0.2, -0.15) is 0 Å². The Hall–Kier alpha value is -3.25. The maximum Gasteiger partial charge on any atom is 0.256 e. The number of nitrogens with zero attached hydrogens (tertiary/aromatic N) is 2. The van der Waals surface area contributed by atoms with E-state index in [1.54, 1.807) is 47.5 Å². The summed E-state index contributed by atoms with van der Waals surface area (Å²) in [5.74, 6) is -1.28. The second-order valence-electron chi connectivity index (χ2n) is 7.21. The fourth-order valence-electron chi connectivity index (χ4n) is 4.01. The van der Waals surface area contributed by atoms with Crippen LogP contribution in [0.2, 0.25) is 5.02 Å². The van der Waals surface area contributed by atoms with Crippen LogP contribution in [0.25, 0.3) is 0 Å². The predicted molar refractivity (Wildman–Crippen MR) is 112 cm³/mol. The van der Waals surface area contributed by atoms with E-state index in [1.165, 1.54) is 18.3 Å². The lowest BCUT2D eigenvalue weighted by atomic mass is 10.0. The minimum absolute atomic E-state index is 0.144. The molecule has 1 aliphatic rings. The number of hydrogen-bond donors (Lipinski definition) is 1. The molecule has 0 fully saturated rings. The zero-order chi connectivity index (χ0) is 21.3. The molecule has 2 aromatic carbocycles. The Labute approximate surface area is 178 Å². The minimum atomic E-state index is -0.569. The average molecular weight is 424 g/mol. The van der Waals surface area contributed by atoms with Gasteiger partial charge in [-0.15, -0.1) is 0 Å². The van der Waals surface area contributed by atoms with Crippen LogP contribution in [0.4, 0.5) is 4.39 Å². The molecular weight excluding hydrogens is 405 g/mol. The van der Waals surface area contributed by atoms with Crippen molar-refractivity contribution < 1.29 is 14.0 Å². The summed E-state index contributed by atoms with van der Waals surface area (Å²) < 4.78 is 14.1. The number of amides is 2. The van der Waals surface area contributed by atoms with Gasteiger partial charge in [0.1, 0.15) is 5.82 Å². The number of halogens is 2. The van der Waals surface area contributed by atoms with Crippen molar-refractivity contribution >= 4 is 23.4 Å². The lowest BCUT2D eigenvalue weighted by Crippen LogP contribution is -2.34. The highest BCUT2D eigenvalue weighted by atomic mass is 35.5. The van der Waals surface area contributed by atoms with Crippen LogP contribution >= 0.6 is 11.6 Å². The first kappa shape index (κ1) is 20.0. The number of carbonyl (C=O) groups excluding carboxylic acids is 2. The molecular formula is C23H19ClFN3O2. The van der Waals surface area contributed by atoms with Crippen LogP contribution in [0, 0.1) is 5.82 Å². The average Bonchev–Trinajstić information content (AvgIpc) is 3.16. The maximum absolute atomic E-state index is 14.1. The van der Waals surface area contributed by atoms with Crippen molar-refractivity contribution in [2.45, 2.75) is 25.4 Å². The lowest BCUT2D eigenvalue weighted by Gasteiger charge is -2.30. The van der Waals surface area contributed by atoms with Gasteiger partial charge in [0.2, 0.25) is 5.91 Å². The van der Waals surface area contributed by atoms with E-state index in [2.05, 4.69) is 4.98 Å². The molecule has 1 atom stereocenters. The van der Waals surface area contributed by atoms with Crippen LogP contribution < -0.4 is 5.73 Å². The molecule has 1 heterocycles. The highest BCUT2D eigenvalue weighted by Crippen LogP contribution is 2.41. The number of primary amides is 1. The van der Waals surface area contributed by atoms with Crippen molar-refractivity contribution in [1.29, 1.82) is 0 Å². The molecule has 0 bridgehead atoms. The van der Waals surface area contributed by atoms with E-state index in [9.17, 15) is 14.0 Å². The van der Waals surface area contributed by atoms with Crippen molar-refractivity contribution in [1.82, 2.24) is 9.88 Å². The molecule has 2 N–H and O–H groups in total. The molecule has 4 rings (SSSR count). The Bertz CT molecular complexity index is 1120. The smallest absolute Gasteiger partial charge is 0.256 e. The molecule has 0 saturated heterocycles. The van der Waals surface area contributed by atoms with E-state index >= 15 is 0 Å². The summed E-state index contributed by atoms with van der Waals surface area (Å²) in [6, 6.07) is 12.6. The van der Waals surface area contributed by atoms with E-state index < -0.39 is 11.7 Å². The fraction of sp³-hybridized carbons (Fsp3) is 0.174. The van der Waals surface area contributed by atoms with Gasteiger partial charge in [-0.3, -0.25) is 14.6 Å². The van der Waals surface area contributed by atoms with Gasteiger partial charge in [0.15, 0.2) is 0 Å². The molecule has 1 aliphatic carbocycles. The first-order valence-electron chi connectivity index (χ1n) is 9.52. The quantitative estimate of drug-likeness (QED) is 0.664. The number of nitrogens with two attached hydrogens (primary N) is 1. The van der Waals surface area contributed by atoms with Crippen molar-refractivity contribution in [3.8, 4) is 0 Å². The zero-order valence-corrected chi connectivity index (χ0v) is 16.8. The monoisotopic (exact) mass is 423 g/mol. The van der Waals surface area contributed by atoms with Crippen molar-refractivity contribution in [2.24, 2.45) is 5.73 Å². The van der Waals surface area contributed by atoms with Gasteiger partial charge in [-0.05, 0) is 59.9 Å². The van der Waals surface area contributed by atoms with Gasteiger partial charge >= 0.3 is 0 Å². The summed E-state index contributed by atoms with van der Waals surface area (Å²) in [5, 5.41) is 0.360. The van der Waals surface area contributed by atoms with Crippen LogP contribution in [-0.2, 0) is 13.0 Å². The molecule has 7 heteroatoms. The number of benzene rings is 2. The largest absolute Gasteiger partial charge is 0.366 e. The summed E-state index contributed by atoms with van der Waals surface area (Å²) in [7, 11) is 0. The Kier molecular flexibility index (Phi) is 5.50. The maximum atomic E-state index is 14.1. The fourth-order valence-corrected chi connectivity index (χ4v) is 4.31. The normalized spacial score (nSPS) is 14.9. The zero-order valence-electron chi connectivity index (χ0n) is 16.0. The third kappa shape index (κ3) is 3.78. The SMILES string of the molecule is NC(=O)c1ccccc1CN(C(=O)c1cccnc1)[C@@H]1CCc2c(Cl)cc(F)cc21. The number of pyridine rings is 1. The molecule has 0 saturated carbocycles. The lowest BCUT2D eigenvalue weighted by molar-refractivity contribution is 0.0655. The van der Waals surface area contributed by atoms with Crippen molar-refractivity contribution in [3.63, 3.8) is 0 Å². The molecule has 0 radical (unpaired) electrons. The number of hydrogen-bond acceptors (Lipinski definition) is 3. The summed E-state index contributed by atoms with van der Waals surface area (Å²) in [6.45, 7) is 0.144. The summed E-state index contributed by atoms with van der Waals surface area (Å²) >= 11 is 6.25. The first-order chi connectivity index (χ1) is 14.5.